The fraction of sp³-hybridized carbons (Fsp3) is 0.370. The number of hydrogen-bond donors (Lipinski definition) is 1. The Hall–Kier alpha value is -3.45. The summed E-state index contributed by atoms with van der Waals surface area (Å²) in [6, 6.07) is 13.9. The third-order valence-electron chi connectivity index (χ3n) is 6.86. The summed E-state index contributed by atoms with van der Waals surface area (Å²) in [7, 11) is 1.66. The van der Waals surface area contributed by atoms with Crippen LogP contribution in [0.2, 0.25) is 0 Å². The minimum atomic E-state index is 0.0486. The van der Waals surface area contributed by atoms with Crippen molar-refractivity contribution in [1.82, 2.24) is 14.9 Å². The molecule has 0 unspecified atom stereocenters. The lowest BCUT2D eigenvalue weighted by molar-refractivity contribution is -0.118. The highest BCUT2D eigenvalue weighted by molar-refractivity contribution is 5.93. The highest BCUT2D eigenvalue weighted by Crippen LogP contribution is 2.35. The number of anilines is 1. The molecule has 0 radical (unpaired) electrons. The number of amides is 1. The lowest BCUT2D eigenvalue weighted by Gasteiger charge is -2.39. The van der Waals surface area contributed by atoms with Crippen molar-refractivity contribution in [2.24, 2.45) is 11.8 Å². The Morgan fingerprint density at radius 2 is 2.03 bits per heavy atom. The zero-order chi connectivity index (χ0) is 23.3. The van der Waals surface area contributed by atoms with Crippen LogP contribution in [0.1, 0.15) is 24.8 Å². The molecule has 176 valence electrons. The smallest absolute Gasteiger partial charge is 0.224 e. The molecule has 0 spiro atoms. The zero-order valence-corrected chi connectivity index (χ0v) is 19.4. The molecule has 7 heteroatoms. The first-order chi connectivity index (χ1) is 16.7. The predicted molar refractivity (Wildman–Crippen MR) is 131 cm³/mol. The molecule has 1 aromatic carbocycles. The molecule has 2 atom stereocenters. The Morgan fingerprint density at radius 3 is 2.88 bits per heavy atom. The van der Waals surface area contributed by atoms with Gasteiger partial charge in [-0.25, -0.2) is 4.98 Å². The molecule has 0 saturated carbocycles. The van der Waals surface area contributed by atoms with Gasteiger partial charge in [-0.05, 0) is 61.1 Å². The van der Waals surface area contributed by atoms with Gasteiger partial charge in [0.05, 0.1) is 19.4 Å². The quantitative estimate of drug-likeness (QED) is 0.625. The van der Waals surface area contributed by atoms with Gasteiger partial charge < -0.3 is 14.8 Å². The lowest BCUT2D eigenvalue weighted by atomic mass is 9.81. The SMILES string of the molecule is COc1ncccc1CN1CC[C@H]2CC(=O)Nc3cc(-c4cccnc4)ccc3OCC[C@H]2C1. The number of fused-ring (bicyclic) bond motifs is 2. The Labute approximate surface area is 200 Å². The fourth-order valence-electron chi connectivity index (χ4n) is 5.09. The molecule has 2 aliphatic heterocycles. The first kappa shape index (κ1) is 22.3. The van der Waals surface area contributed by atoms with Crippen LogP contribution in [-0.2, 0) is 11.3 Å². The molecule has 2 aliphatic rings. The average molecular weight is 459 g/mol. The number of nitrogens with zero attached hydrogens (tertiary/aromatic N) is 3. The number of benzene rings is 1. The van der Waals surface area contributed by atoms with E-state index in [0.29, 0.717) is 36.5 Å². The molecule has 34 heavy (non-hydrogen) atoms. The maximum Gasteiger partial charge on any atom is 0.224 e. The Balaban J connectivity index is 1.29. The van der Waals surface area contributed by atoms with E-state index in [4.69, 9.17) is 9.47 Å². The van der Waals surface area contributed by atoms with Crippen molar-refractivity contribution in [2.75, 3.05) is 32.1 Å². The van der Waals surface area contributed by atoms with Crippen molar-refractivity contribution >= 4 is 11.6 Å². The highest BCUT2D eigenvalue weighted by Gasteiger charge is 2.32. The molecule has 3 aromatic rings. The van der Waals surface area contributed by atoms with E-state index >= 15 is 0 Å². The molecule has 0 aliphatic carbocycles. The minimum Gasteiger partial charge on any atom is -0.491 e. The third-order valence-corrected chi connectivity index (χ3v) is 6.86. The number of aromatic nitrogens is 2. The van der Waals surface area contributed by atoms with E-state index in [-0.39, 0.29) is 5.91 Å². The number of rotatable bonds is 4. The zero-order valence-electron chi connectivity index (χ0n) is 19.4. The molecule has 5 rings (SSSR count). The molecule has 1 fully saturated rings. The summed E-state index contributed by atoms with van der Waals surface area (Å²) in [5.74, 6) is 2.19. The fourth-order valence-corrected chi connectivity index (χ4v) is 5.09. The van der Waals surface area contributed by atoms with Gasteiger partial charge >= 0.3 is 0 Å². The topological polar surface area (TPSA) is 76.6 Å². The summed E-state index contributed by atoms with van der Waals surface area (Å²) < 4.78 is 11.6. The number of hydrogen-bond acceptors (Lipinski definition) is 6. The average Bonchev–Trinajstić information content (AvgIpc) is 2.87. The molecule has 0 bridgehead atoms. The van der Waals surface area contributed by atoms with Crippen LogP contribution in [0, 0.1) is 11.8 Å². The van der Waals surface area contributed by atoms with Gasteiger partial charge in [-0.1, -0.05) is 18.2 Å². The van der Waals surface area contributed by atoms with Crippen LogP contribution >= 0.6 is 0 Å². The lowest BCUT2D eigenvalue weighted by Crippen LogP contribution is -2.42. The van der Waals surface area contributed by atoms with Crippen LogP contribution in [0.5, 0.6) is 11.6 Å². The number of methoxy groups -OCH3 is 1. The van der Waals surface area contributed by atoms with E-state index in [1.807, 2.05) is 42.6 Å². The maximum atomic E-state index is 13.0. The van der Waals surface area contributed by atoms with Gasteiger partial charge in [0.2, 0.25) is 11.8 Å². The van der Waals surface area contributed by atoms with Crippen LogP contribution in [0.15, 0.2) is 61.1 Å². The number of ether oxygens (including phenoxy) is 2. The summed E-state index contributed by atoms with van der Waals surface area (Å²) >= 11 is 0. The van der Waals surface area contributed by atoms with Gasteiger partial charge in [-0.2, -0.15) is 0 Å². The minimum absolute atomic E-state index is 0.0486. The van der Waals surface area contributed by atoms with Crippen molar-refractivity contribution in [1.29, 1.82) is 0 Å². The first-order valence-electron chi connectivity index (χ1n) is 11.9. The van der Waals surface area contributed by atoms with Crippen LogP contribution in [0.3, 0.4) is 0 Å². The van der Waals surface area contributed by atoms with Gasteiger partial charge in [-0.3, -0.25) is 14.7 Å². The summed E-state index contributed by atoms with van der Waals surface area (Å²) in [6.45, 7) is 3.31. The number of piperidine rings is 1. The highest BCUT2D eigenvalue weighted by atomic mass is 16.5. The number of likely N-dealkylation sites (tertiary alicyclic amines) is 1. The van der Waals surface area contributed by atoms with E-state index in [9.17, 15) is 4.79 Å². The Kier molecular flexibility index (Phi) is 6.72. The van der Waals surface area contributed by atoms with Gasteiger partial charge in [0.25, 0.3) is 0 Å². The summed E-state index contributed by atoms with van der Waals surface area (Å²) in [4.78, 5) is 24.0. The van der Waals surface area contributed by atoms with E-state index in [2.05, 4.69) is 26.3 Å². The van der Waals surface area contributed by atoms with E-state index < -0.39 is 0 Å². The molecule has 1 amide bonds. The third kappa shape index (κ3) is 5.04. The number of pyridine rings is 2. The molecule has 1 saturated heterocycles. The van der Waals surface area contributed by atoms with Crippen molar-refractivity contribution in [3.63, 3.8) is 0 Å². The number of carbonyl (C=O) groups is 1. The molecule has 4 heterocycles. The second-order valence-electron chi connectivity index (χ2n) is 9.06. The van der Waals surface area contributed by atoms with Crippen molar-refractivity contribution in [2.45, 2.75) is 25.8 Å². The standard InChI is InChI=1S/C27H30N4O3/c1-33-27-23(5-3-11-29-27)18-31-12-8-20-15-26(32)30-24-14-19(21-4-2-10-28-16-21)6-7-25(24)34-13-9-22(20)17-31/h2-7,10-11,14,16,20,22H,8-9,12-13,15,17-18H2,1H3,(H,30,32)/t20-,22-/m0/s1. The number of carbonyl (C=O) groups excluding carboxylic acids is 1. The van der Waals surface area contributed by atoms with Crippen LogP contribution in [-0.4, -0.2) is 47.6 Å². The van der Waals surface area contributed by atoms with Gasteiger partial charge in [0.15, 0.2) is 0 Å². The summed E-state index contributed by atoms with van der Waals surface area (Å²) in [6.07, 6.45) is 7.77. The molecule has 7 nitrogen and oxygen atoms in total. The first-order valence-corrected chi connectivity index (χ1v) is 11.9. The normalized spacial score (nSPS) is 20.9. The van der Waals surface area contributed by atoms with Crippen LogP contribution in [0.4, 0.5) is 5.69 Å². The van der Waals surface area contributed by atoms with Gasteiger partial charge in [-0.15, -0.1) is 0 Å². The second-order valence-corrected chi connectivity index (χ2v) is 9.06. The molecule has 1 N–H and O–H groups in total. The van der Waals surface area contributed by atoms with E-state index in [0.717, 1.165) is 54.9 Å². The van der Waals surface area contributed by atoms with E-state index in [1.165, 1.54) is 0 Å². The van der Waals surface area contributed by atoms with Crippen molar-refractivity contribution in [3.05, 3.63) is 66.6 Å². The van der Waals surface area contributed by atoms with Gasteiger partial charge in [0, 0.05) is 49.2 Å². The predicted octanol–water partition coefficient (Wildman–Crippen LogP) is 4.40. The van der Waals surface area contributed by atoms with Gasteiger partial charge in [0.1, 0.15) is 5.75 Å². The maximum absolute atomic E-state index is 13.0. The second kappa shape index (κ2) is 10.2. The Morgan fingerprint density at radius 1 is 1.12 bits per heavy atom. The van der Waals surface area contributed by atoms with E-state index in [1.54, 1.807) is 19.5 Å². The van der Waals surface area contributed by atoms with Crippen LogP contribution < -0.4 is 14.8 Å². The molecular weight excluding hydrogens is 428 g/mol. The number of nitrogens with one attached hydrogen (secondary N) is 1. The molecular formula is C27H30N4O3. The largest absolute Gasteiger partial charge is 0.491 e. The van der Waals surface area contributed by atoms with Crippen molar-refractivity contribution < 1.29 is 14.3 Å². The monoisotopic (exact) mass is 458 g/mol. The summed E-state index contributed by atoms with van der Waals surface area (Å²) in [5.41, 5.74) is 3.83. The Bertz CT molecular complexity index is 1140. The van der Waals surface area contributed by atoms with Crippen LogP contribution in [0.25, 0.3) is 11.1 Å². The summed E-state index contributed by atoms with van der Waals surface area (Å²) in [5, 5.41) is 3.12. The van der Waals surface area contributed by atoms with Crippen molar-refractivity contribution in [3.8, 4) is 22.8 Å². The molecule has 2 aromatic heterocycles.